The smallest absolute Gasteiger partial charge is 0.225 e. The highest BCUT2D eigenvalue weighted by Gasteiger charge is 2.17. The molecular formula is C15H20N4OS. The van der Waals surface area contributed by atoms with Crippen LogP contribution in [-0.4, -0.2) is 28.8 Å². The molecular weight excluding hydrogens is 284 g/mol. The van der Waals surface area contributed by atoms with E-state index in [4.69, 9.17) is 0 Å². The van der Waals surface area contributed by atoms with E-state index in [9.17, 15) is 4.79 Å². The number of aryl methyl sites for hydroxylation is 1. The van der Waals surface area contributed by atoms with Crippen molar-refractivity contribution in [2.24, 2.45) is 0 Å². The zero-order chi connectivity index (χ0) is 14.5. The summed E-state index contributed by atoms with van der Waals surface area (Å²) < 4.78 is 1.95. The molecule has 2 aromatic rings. The molecule has 0 saturated carbocycles. The molecule has 0 aromatic carbocycles. The minimum absolute atomic E-state index is 0.0429. The van der Waals surface area contributed by atoms with Crippen LogP contribution in [0.1, 0.15) is 30.2 Å². The van der Waals surface area contributed by atoms with Crippen LogP contribution >= 0.6 is 11.3 Å². The van der Waals surface area contributed by atoms with E-state index >= 15 is 0 Å². The lowest BCUT2D eigenvalue weighted by Gasteiger charge is -2.08. The molecule has 1 unspecified atom stereocenters. The SMILES string of the molecule is O=C(CCCc1cccs1)Nc1ccn(C2CCNC2)n1. The van der Waals surface area contributed by atoms with E-state index in [2.05, 4.69) is 27.2 Å². The lowest BCUT2D eigenvalue weighted by Crippen LogP contribution is -2.15. The molecule has 1 fully saturated rings. The maximum Gasteiger partial charge on any atom is 0.225 e. The molecule has 0 aliphatic carbocycles. The van der Waals surface area contributed by atoms with Crippen molar-refractivity contribution in [3.63, 3.8) is 0 Å². The molecule has 21 heavy (non-hydrogen) atoms. The number of thiophene rings is 1. The van der Waals surface area contributed by atoms with Crippen LogP contribution in [-0.2, 0) is 11.2 Å². The van der Waals surface area contributed by atoms with Crippen LogP contribution < -0.4 is 10.6 Å². The minimum atomic E-state index is 0.0429. The second kappa shape index (κ2) is 6.87. The number of anilines is 1. The molecule has 1 amide bonds. The summed E-state index contributed by atoms with van der Waals surface area (Å²) in [6.07, 6.45) is 5.41. The zero-order valence-corrected chi connectivity index (χ0v) is 12.7. The van der Waals surface area contributed by atoms with Crippen molar-refractivity contribution in [2.75, 3.05) is 18.4 Å². The standard InChI is InChI=1S/C15H20N4OS/c20-15(5-1-3-13-4-2-10-21-13)17-14-7-9-19(18-14)12-6-8-16-11-12/h2,4,7,9-10,12,16H,1,3,5-6,8,11H2,(H,17,18,20). The number of hydrogen-bond donors (Lipinski definition) is 2. The highest BCUT2D eigenvalue weighted by molar-refractivity contribution is 7.09. The van der Waals surface area contributed by atoms with Gasteiger partial charge in [0.25, 0.3) is 0 Å². The van der Waals surface area contributed by atoms with Crippen LogP contribution in [0.4, 0.5) is 5.82 Å². The summed E-state index contributed by atoms with van der Waals surface area (Å²) in [5.74, 6) is 0.698. The number of aromatic nitrogens is 2. The molecule has 2 N–H and O–H groups in total. The van der Waals surface area contributed by atoms with Gasteiger partial charge in [-0.1, -0.05) is 6.07 Å². The number of carbonyl (C=O) groups excluding carboxylic acids is 1. The second-order valence-electron chi connectivity index (χ2n) is 5.31. The Balaban J connectivity index is 1.44. The molecule has 5 nitrogen and oxygen atoms in total. The molecule has 1 saturated heterocycles. The third kappa shape index (κ3) is 3.92. The Hall–Kier alpha value is -1.66. The minimum Gasteiger partial charge on any atom is -0.315 e. The first-order valence-corrected chi connectivity index (χ1v) is 8.27. The fourth-order valence-corrected chi connectivity index (χ4v) is 3.31. The van der Waals surface area contributed by atoms with E-state index < -0.39 is 0 Å². The van der Waals surface area contributed by atoms with Crippen LogP contribution in [0.15, 0.2) is 29.8 Å². The summed E-state index contributed by atoms with van der Waals surface area (Å²) in [4.78, 5) is 13.2. The van der Waals surface area contributed by atoms with Gasteiger partial charge in [-0.2, -0.15) is 5.10 Å². The normalized spacial score (nSPS) is 18.0. The Morgan fingerprint density at radius 3 is 3.24 bits per heavy atom. The Morgan fingerprint density at radius 1 is 1.52 bits per heavy atom. The topological polar surface area (TPSA) is 59.0 Å². The van der Waals surface area contributed by atoms with Gasteiger partial charge in [-0.25, -0.2) is 0 Å². The summed E-state index contributed by atoms with van der Waals surface area (Å²) in [5, 5.41) is 12.7. The van der Waals surface area contributed by atoms with Crippen molar-refractivity contribution in [1.82, 2.24) is 15.1 Å². The highest BCUT2D eigenvalue weighted by atomic mass is 32.1. The molecule has 1 aliphatic heterocycles. The Kier molecular flexibility index (Phi) is 4.67. The van der Waals surface area contributed by atoms with Crippen molar-refractivity contribution in [3.05, 3.63) is 34.7 Å². The van der Waals surface area contributed by atoms with Gasteiger partial charge in [0.1, 0.15) is 0 Å². The molecule has 0 spiro atoms. The van der Waals surface area contributed by atoms with E-state index in [1.807, 2.05) is 23.0 Å². The first-order valence-electron chi connectivity index (χ1n) is 7.39. The lowest BCUT2D eigenvalue weighted by molar-refractivity contribution is -0.116. The number of carbonyl (C=O) groups is 1. The maximum absolute atomic E-state index is 11.9. The average Bonchev–Trinajstić information content (AvgIpc) is 3.21. The predicted octanol–water partition coefficient (Wildman–Crippen LogP) is 2.44. The zero-order valence-electron chi connectivity index (χ0n) is 11.9. The van der Waals surface area contributed by atoms with Gasteiger partial charge in [0.15, 0.2) is 5.82 Å². The molecule has 1 aliphatic rings. The van der Waals surface area contributed by atoms with Crippen LogP contribution in [0.2, 0.25) is 0 Å². The van der Waals surface area contributed by atoms with Gasteiger partial charge >= 0.3 is 0 Å². The Morgan fingerprint density at radius 2 is 2.48 bits per heavy atom. The van der Waals surface area contributed by atoms with E-state index in [0.29, 0.717) is 18.3 Å². The van der Waals surface area contributed by atoms with Gasteiger partial charge in [-0.15, -0.1) is 11.3 Å². The van der Waals surface area contributed by atoms with Gasteiger partial charge < -0.3 is 10.6 Å². The molecule has 6 heteroatoms. The van der Waals surface area contributed by atoms with Gasteiger partial charge in [0.05, 0.1) is 6.04 Å². The Labute approximate surface area is 128 Å². The molecule has 0 bridgehead atoms. The second-order valence-corrected chi connectivity index (χ2v) is 6.34. The highest BCUT2D eigenvalue weighted by Crippen LogP contribution is 2.16. The van der Waals surface area contributed by atoms with E-state index in [-0.39, 0.29) is 5.91 Å². The van der Waals surface area contributed by atoms with E-state index in [0.717, 1.165) is 32.4 Å². The van der Waals surface area contributed by atoms with Crippen molar-refractivity contribution in [1.29, 1.82) is 0 Å². The monoisotopic (exact) mass is 304 g/mol. The first-order chi connectivity index (χ1) is 10.3. The van der Waals surface area contributed by atoms with E-state index in [1.54, 1.807) is 11.3 Å². The van der Waals surface area contributed by atoms with Crippen LogP contribution in [0, 0.1) is 0 Å². The molecule has 1 atom stereocenters. The van der Waals surface area contributed by atoms with Gasteiger partial charge in [0.2, 0.25) is 5.91 Å². The van der Waals surface area contributed by atoms with Crippen LogP contribution in [0.25, 0.3) is 0 Å². The van der Waals surface area contributed by atoms with Crippen molar-refractivity contribution < 1.29 is 4.79 Å². The number of rotatable bonds is 6. The molecule has 3 heterocycles. The summed E-state index contributed by atoms with van der Waals surface area (Å²) in [6.45, 7) is 1.99. The summed E-state index contributed by atoms with van der Waals surface area (Å²) in [5.41, 5.74) is 0. The maximum atomic E-state index is 11.9. The third-order valence-corrected chi connectivity index (χ3v) is 4.63. The number of nitrogens with one attached hydrogen (secondary N) is 2. The van der Waals surface area contributed by atoms with Crippen LogP contribution in [0.5, 0.6) is 0 Å². The average molecular weight is 304 g/mol. The van der Waals surface area contributed by atoms with Crippen molar-refractivity contribution in [2.45, 2.75) is 31.7 Å². The van der Waals surface area contributed by atoms with Gasteiger partial charge in [-0.3, -0.25) is 9.48 Å². The summed E-state index contributed by atoms with van der Waals surface area (Å²) >= 11 is 1.74. The predicted molar refractivity (Wildman–Crippen MR) is 84.6 cm³/mol. The number of nitrogens with zero attached hydrogens (tertiary/aromatic N) is 2. The number of hydrogen-bond acceptors (Lipinski definition) is 4. The Bertz CT molecular complexity index is 572. The van der Waals surface area contributed by atoms with Crippen molar-refractivity contribution in [3.8, 4) is 0 Å². The fourth-order valence-electron chi connectivity index (χ4n) is 2.56. The number of amides is 1. The van der Waals surface area contributed by atoms with Crippen molar-refractivity contribution >= 4 is 23.1 Å². The molecule has 2 aromatic heterocycles. The summed E-state index contributed by atoms with van der Waals surface area (Å²) in [6, 6.07) is 6.44. The molecule has 3 rings (SSSR count). The molecule has 0 radical (unpaired) electrons. The lowest BCUT2D eigenvalue weighted by atomic mass is 10.2. The summed E-state index contributed by atoms with van der Waals surface area (Å²) in [7, 11) is 0. The largest absolute Gasteiger partial charge is 0.315 e. The first kappa shape index (κ1) is 14.3. The molecule has 112 valence electrons. The van der Waals surface area contributed by atoms with E-state index in [1.165, 1.54) is 4.88 Å². The quantitative estimate of drug-likeness (QED) is 0.862. The third-order valence-electron chi connectivity index (χ3n) is 3.69. The van der Waals surface area contributed by atoms with Gasteiger partial charge in [0, 0.05) is 30.1 Å². The van der Waals surface area contributed by atoms with Gasteiger partial charge in [-0.05, 0) is 37.3 Å². The van der Waals surface area contributed by atoms with Crippen LogP contribution in [0.3, 0.4) is 0 Å². The fraction of sp³-hybridized carbons (Fsp3) is 0.467.